The van der Waals surface area contributed by atoms with Crippen molar-refractivity contribution >= 4 is 5.97 Å². The van der Waals surface area contributed by atoms with Crippen LogP contribution in [0.5, 0.6) is 5.75 Å². The molecule has 0 saturated heterocycles. The highest BCUT2D eigenvalue weighted by Crippen LogP contribution is 2.29. The monoisotopic (exact) mass is 240 g/mol. The number of esters is 1. The fourth-order valence-corrected chi connectivity index (χ4v) is 0.860. The Balaban J connectivity index is 3.34. The second kappa shape index (κ2) is 4.46. The summed E-state index contributed by atoms with van der Waals surface area (Å²) in [7, 11) is 0. The van der Waals surface area contributed by atoms with Crippen LogP contribution in [0.3, 0.4) is 0 Å². The first-order valence-electron chi connectivity index (χ1n) is 4.12. The van der Waals surface area contributed by atoms with E-state index in [9.17, 15) is 26.7 Å². The number of hydrogen-bond acceptors (Lipinski definition) is 2. The summed E-state index contributed by atoms with van der Waals surface area (Å²) in [6.45, 7) is 1.30. The van der Waals surface area contributed by atoms with E-state index < -0.39 is 40.8 Å². The molecule has 16 heavy (non-hydrogen) atoms. The Morgan fingerprint density at radius 2 is 1.31 bits per heavy atom. The van der Waals surface area contributed by atoms with E-state index in [1.165, 1.54) is 6.92 Å². The SMILES string of the molecule is CCC(=O)Oc1c(F)c(F)c(F)c(F)c1F. The molecule has 1 rings (SSSR count). The normalized spacial score (nSPS) is 10.4. The first-order valence-corrected chi connectivity index (χ1v) is 4.12. The number of halogens is 5. The van der Waals surface area contributed by atoms with E-state index in [4.69, 9.17) is 0 Å². The molecule has 0 amide bonds. The van der Waals surface area contributed by atoms with Gasteiger partial charge in [0, 0.05) is 6.42 Å². The maximum absolute atomic E-state index is 12.9. The maximum atomic E-state index is 12.9. The van der Waals surface area contributed by atoms with Crippen molar-refractivity contribution in [3.05, 3.63) is 29.1 Å². The number of benzene rings is 1. The molecule has 0 heterocycles. The lowest BCUT2D eigenvalue weighted by Gasteiger charge is -2.07. The lowest BCUT2D eigenvalue weighted by molar-refractivity contribution is -0.134. The fraction of sp³-hybridized carbons (Fsp3) is 0.222. The van der Waals surface area contributed by atoms with Crippen molar-refractivity contribution in [3.63, 3.8) is 0 Å². The van der Waals surface area contributed by atoms with Gasteiger partial charge in [-0.15, -0.1) is 0 Å². The summed E-state index contributed by atoms with van der Waals surface area (Å²) in [5.41, 5.74) is 0. The number of hydrogen-bond donors (Lipinski definition) is 0. The van der Waals surface area contributed by atoms with Crippen molar-refractivity contribution < 1.29 is 31.5 Å². The molecule has 0 aromatic heterocycles. The van der Waals surface area contributed by atoms with E-state index >= 15 is 0 Å². The summed E-state index contributed by atoms with van der Waals surface area (Å²) < 4.78 is 67.6. The van der Waals surface area contributed by atoms with E-state index in [-0.39, 0.29) is 6.42 Å². The summed E-state index contributed by atoms with van der Waals surface area (Å²) in [4.78, 5) is 10.7. The van der Waals surface area contributed by atoms with Crippen LogP contribution in [0.15, 0.2) is 0 Å². The van der Waals surface area contributed by atoms with Crippen LogP contribution < -0.4 is 4.74 Å². The molecule has 1 aromatic rings. The highest BCUT2D eigenvalue weighted by Gasteiger charge is 2.28. The van der Waals surface area contributed by atoms with Gasteiger partial charge in [-0.1, -0.05) is 6.92 Å². The number of carbonyl (C=O) groups is 1. The molecule has 7 heteroatoms. The van der Waals surface area contributed by atoms with Gasteiger partial charge >= 0.3 is 5.97 Å². The summed E-state index contributed by atoms with van der Waals surface area (Å²) in [5, 5.41) is 0. The zero-order chi connectivity index (χ0) is 12.5. The third kappa shape index (κ3) is 1.98. The Hall–Kier alpha value is -1.66. The minimum Gasteiger partial charge on any atom is -0.420 e. The van der Waals surface area contributed by atoms with Gasteiger partial charge in [0.1, 0.15) is 0 Å². The Kier molecular flexibility index (Phi) is 3.46. The van der Waals surface area contributed by atoms with Crippen molar-refractivity contribution in [2.45, 2.75) is 13.3 Å². The number of rotatable bonds is 2. The van der Waals surface area contributed by atoms with E-state index in [0.717, 1.165) is 0 Å². The second-order valence-electron chi connectivity index (χ2n) is 2.73. The average Bonchev–Trinajstić information content (AvgIpc) is 2.29. The molecule has 0 N–H and O–H groups in total. The molecule has 0 bridgehead atoms. The fourth-order valence-electron chi connectivity index (χ4n) is 0.860. The Labute approximate surface area is 86.6 Å². The molecule has 0 unspecified atom stereocenters. The second-order valence-corrected chi connectivity index (χ2v) is 2.73. The Morgan fingerprint density at radius 3 is 1.69 bits per heavy atom. The summed E-state index contributed by atoms with van der Waals surface area (Å²) >= 11 is 0. The molecule has 0 aliphatic heterocycles. The molecule has 2 nitrogen and oxygen atoms in total. The minimum absolute atomic E-state index is 0.264. The van der Waals surface area contributed by atoms with Crippen molar-refractivity contribution in [2.24, 2.45) is 0 Å². The molecule has 0 aliphatic rings. The lowest BCUT2D eigenvalue weighted by Crippen LogP contribution is -2.12. The van der Waals surface area contributed by atoms with Crippen LogP contribution in [0.25, 0.3) is 0 Å². The zero-order valence-corrected chi connectivity index (χ0v) is 7.91. The van der Waals surface area contributed by atoms with Crippen LogP contribution in [0, 0.1) is 29.1 Å². The molecular weight excluding hydrogens is 235 g/mol. The van der Waals surface area contributed by atoms with Crippen LogP contribution in [0.2, 0.25) is 0 Å². The van der Waals surface area contributed by atoms with Crippen LogP contribution in [0.1, 0.15) is 13.3 Å². The van der Waals surface area contributed by atoms with Crippen LogP contribution >= 0.6 is 0 Å². The summed E-state index contributed by atoms with van der Waals surface area (Å²) in [6, 6.07) is 0. The Morgan fingerprint density at radius 1 is 0.938 bits per heavy atom. The van der Waals surface area contributed by atoms with Gasteiger partial charge in [-0.3, -0.25) is 4.79 Å². The predicted octanol–water partition coefficient (Wildman–Crippen LogP) is 2.70. The summed E-state index contributed by atoms with van der Waals surface area (Å²) in [5.74, 6) is -13.6. The molecule has 0 saturated carbocycles. The molecule has 0 atom stereocenters. The molecule has 0 radical (unpaired) electrons. The van der Waals surface area contributed by atoms with Crippen LogP contribution in [-0.2, 0) is 4.79 Å². The zero-order valence-electron chi connectivity index (χ0n) is 7.91. The largest absolute Gasteiger partial charge is 0.420 e. The lowest BCUT2D eigenvalue weighted by atomic mass is 10.2. The molecule has 1 aromatic carbocycles. The van der Waals surface area contributed by atoms with Crippen molar-refractivity contribution in [1.29, 1.82) is 0 Å². The molecule has 0 aliphatic carbocycles. The van der Waals surface area contributed by atoms with Gasteiger partial charge < -0.3 is 4.74 Å². The van der Waals surface area contributed by atoms with Gasteiger partial charge in [0.25, 0.3) is 0 Å². The first-order chi connectivity index (χ1) is 7.40. The minimum atomic E-state index is -2.30. The topological polar surface area (TPSA) is 26.3 Å². The quantitative estimate of drug-likeness (QED) is 0.261. The van der Waals surface area contributed by atoms with E-state index in [1.807, 2.05) is 0 Å². The van der Waals surface area contributed by atoms with Crippen LogP contribution in [0.4, 0.5) is 22.0 Å². The van der Waals surface area contributed by atoms with Gasteiger partial charge in [0.2, 0.25) is 34.8 Å². The molecular formula is C9H5F5O2. The number of carbonyl (C=O) groups excluding carboxylic acids is 1. The van der Waals surface area contributed by atoms with E-state index in [1.54, 1.807) is 0 Å². The van der Waals surface area contributed by atoms with Gasteiger partial charge in [-0.25, -0.2) is 13.2 Å². The van der Waals surface area contributed by atoms with Crippen molar-refractivity contribution in [2.75, 3.05) is 0 Å². The number of ether oxygens (including phenoxy) is 1. The van der Waals surface area contributed by atoms with Gasteiger partial charge in [0.15, 0.2) is 0 Å². The van der Waals surface area contributed by atoms with Crippen molar-refractivity contribution in [3.8, 4) is 5.75 Å². The van der Waals surface area contributed by atoms with E-state index in [0.29, 0.717) is 0 Å². The van der Waals surface area contributed by atoms with Gasteiger partial charge in [0.05, 0.1) is 0 Å². The smallest absolute Gasteiger partial charge is 0.311 e. The standard InChI is InChI=1S/C9H5F5O2/c1-2-3(15)16-9-7(13)5(11)4(10)6(12)8(9)14/h2H2,1H3. The first kappa shape index (κ1) is 12.4. The third-order valence-electron chi connectivity index (χ3n) is 1.67. The maximum Gasteiger partial charge on any atom is 0.311 e. The molecule has 88 valence electrons. The highest BCUT2D eigenvalue weighted by molar-refractivity contribution is 5.72. The molecule has 0 spiro atoms. The van der Waals surface area contributed by atoms with E-state index in [2.05, 4.69) is 4.74 Å². The molecule has 0 fully saturated rings. The average molecular weight is 240 g/mol. The highest BCUT2D eigenvalue weighted by atomic mass is 19.2. The third-order valence-corrected chi connectivity index (χ3v) is 1.67. The Bertz CT molecular complexity index is 415. The predicted molar refractivity (Wildman–Crippen MR) is 42.2 cm³/mol. The van der Waals surface area contributed by atoms with Crippen molar-refractivity contribution in [1.82, 2.24) is 0 Å². The van der Waals surface area contributed by atoms with Gasteiger partial charge in [-0.2, -0.15) is 8.78 Å². The summed E-state index contributed by atoms with van der Waals surface area (Å²) in [6.07, 6.45) is -0.264. The van der Waals surface area contributed by atoms with Crippen LogP contribution in [-0.4, -0.2) is 5.97 Å². The van der Waals surface area contributed by atoms with Gasteiger partial charge in [-0.05, 0) is 0 Å².